The Labute approximate surface area is 111 Å². The standard InChI is InChI=1S/C11H20N4O2S/c1-6(2)13-9(17)7-8(12)15-18-10(7)14-11(3,4)5-16/h6,14,16H,5H2,1-4H3,(H2,12,15)(H,13,17). The second kappa shape index (κ2) is 5.53. The van der Waals surface area contributed by atoms with E-state index in [9.17, 15) is 9.90 Å². The quantitative estimate of drug-likeness (QED) is 0.642. The Bertz CT molecular complexity index is 429. The van der Waals surface area contributed by atoms with E-state index in [1.54, 1.807) is 0 Å². The molecule has 0 aliphatic heterocycles. The molecule has 0 spiro atoms. The van der Waals surface area contributed by atoms with Crippen molar-refractivity contribution in [1.82, 2.24) is 9.69 Å². The van der Waals surface area contributed by atoms with E-state index in [2.05, 4.69) is 15.0 Å². The molecule has 0 fully saturated rings. The number of nitrogens with one attached hydrogen (secondary N) is 2. The van der Waals surface area contributed by atoms with Gasteiger partial charge in [-0.15, -0.1) is 0 Å². The lowest BCUT2D eigenvalue weighted by Crippen LogP contribution is -2.36. The fraction of sp³-hybridized carbons (Fsp3) is 0.636. The van der Waals surface area contributed by atoms with E-state index in [0.29, 0.717) is 10.6 Å². The second-order valence-electron chi connectivity index (χ2n) is 5.07. The number of carbonyl (C=O) groups is 1. The molecule has 0 aliphatic rings. The lowest BCUT2D eigenvalue weighted by atomic mass is 10.1. The van der Waals surface area contributed by atoms with E-state index >= 15 is 0 Å². The van der Waals surface area contributed by atoms with Crippen molar-refractivity contribution in [2.45, 2.75) is 39.3 Å². The monoisotopic (exact) mass is 272 g/mol. The molecular formula is C11H20N4O2S. The van der Waals surface area contributed by atoms with Gasteiger partial charge in [-0.1, -0.05) is 0 Å². The first-order valence-electron chi connectivity index (χ1n) is 5.72. The number of anilines is 2. The normalized spacial score (nSPS) is 11.7. The largest absolute Gasteiger partial charge is 0.394 e. The molecule has 0 unspecified atom stereocenters. The molecule has 0 saturated heterocycles. The van der Waals surface area contributed by atoms with Gasteiger partial charge >= 0.3 is 0 Å². The number of amides is 1. The van der Waals surface area contributed by atoms with Crippen LogP contribution in [0.4, 0.5) is 10.8 Å². The smallest absolute Gasteiger partial charge is 0.258 e. The summed E-state index contributed by atoms with van der Waals surface area (Å²) in [6.45, 7) is 7.34. The number of nitrogen functional groups attached to an aromatic ring is 1. The first kappa shape index (κ1) is 14.7. The first-order valence-corrected chi connectivity index (χ1v) is 6.49. The Morgan fingerprint density at radius 3 is 2.67 bits per heavy atom. The van der Waals surface area contributed by atoms with Crippen LogP contribution in [0.25, 0.3) is 0 Å². The number of hydrogen-bond acceptors (Lipinski definition) is 6. The molecule has 1 amide bonds. The summed E-state index contributed by atoms with van der Waals surface area (Å²) in [4.78, 5) is 12.0. The molecule has 5 N–H and O–H groups in total. The Hall–Kier alpha value is -1.34. The summed E-state index contributed by atoms with van der Waals surface area (Å²) in [5.74, 6) is -0.0538. The highest BCUT2D eigenvalue weighted by Crippen LogP contribution is 2.29. The molecule has 0 bridgehead atoms. The summed E-state index contributed by atoms with van der Waals surface area (Å²) in [6, 6.07) is 0.0236. The number of aliphatic hydroxyl groups excluding tert-OH is 1. The summed E-state index contributed by atoms with van der Waals surface area (Å²) in [5, 5.41) is 15.7. The summed E-state index contributed by atoms with van der Waals surface area (Å²) >= 11 is 1.12. The van der Waals surface area contributed by atoms with Crippen LogP contribution in [0.15, 0.2) is 0 Å². The minimum absolute atomic E-state index is 0.0236. The number of nitrogens with two attached hydrogens (primary N) is 1. The molecule has 0 atom stereocenters. The molecule has 0 saturated carbocycles. The maximum absolute atomic E-state index is 12.0. The zero-order chi connectivity index (χ0) is 13.9. The van der Waals surface area contributed by atoms with Crippen LogP contribution < -0.4 is 16.4 Å². The second-order valence-corrected chi connectivity index (χ2v) is 5.84. The molecular weight excluding hydrogens is 252 g/mol. The third-order valence-corrected chi connectivity index (χ3v) is 2.99. The Kier molecular flexibility index (Phi) is 4.53. The van der Waals surface area contributed by atoms with E-state index in [-0.39, 0.29) is 24.4 Å². The van der Waals surface area contributed by atoms with Gasteiger partial charge in [-0.25, -0.2) is 0 Å². The molecule has 7 heteroatoms. The lowest BCUT2D eigenvalue weighted by molar-refractivity contribution is 0.0945. The van der Waals surface area contributed by atoms with Gasteiger partial charge in [-0.2, -0.15) is 4.37 Å². The van der Waals surface area contributed by atoms with Crippen molar-refractivity contribution in [3.8, 4) is 0 Å². The van der Waals surface area contributed by atoms with Gasteiger partial charge in [-0.05, 0) is 39.2 Å². The summed E-state index contributed by atoms with van der Waals surface area (Å²) in [7, 11) is 0. The van der Waals surface area contributed by atoms with Crippen molar-refractivity contribution in [1.29, 1.82) is 0 Å². The van der Waals surface area contributed by atoms with Gasteiger partial charge in [0.25, 0.3) is 5.91 Å². The summed E-state index contributed by atoms with van der Waals surface area (Å²) in [5.41, 5.74) is 5.52. The highest BCUT2D eigenvalue weighted by Gasteiger charge is 2.24. The van der Waals surface area contributed by atoms with Gasteiger partial charge in [0.1, 0.15) is 10.6 Å². The number of aromatic nitrogens is 1. The van der Waals surface area contributed by atoms with Crippen molar-refractivity contribution >= 4 is 28.3 Å². The first-order chi connectivity index (χ1) is 8.26. The van der Waals surface area contributed by atoms with Crippen LogP contribution in [0.1, 0.15) is 38.1 Å². The topological polar surface area (TPSA) is 100 Å². The van der Waals surface area contributed by atoms with E-state index in [4.69, 9.17) is 5.73 Å². The maximum atomic E-state index is 12.0. The summed E-state index contributed by atoms with van der Waals surface area (Å²) < 4.78 is 3.98. The number of aliphatic hydroxyl groups is 1. The molecule has 6 nitrogen and oxygen atoms in total. The molecule has 1 rings (SSSR count). The third-order valence-electron chi connectivity index (χ3n) is 2.21. The minimum atomic E-state index is -0.536. The van der Waals surface area contributed by atoms with Gasteiger partial charge in [-0.3, -0.25) is 4.79 Å². The van der Waals surface area contributed by atoms with E-state index in [0.717, 1.165) is 11.5 Å². The number of rotatable bonds is 5. The van der Waals surface area contributed by atoms with Gasteiger partial charge in [0, 0.05) is 6.04 Å². The molecule has 1 aromatic rings. The SMILES string of the molecule is CC(C)NC(=O)c1c(N)nsc1NC(C)(C)CO. The Morgan fingerprint density at radius 1 is 1.56 bits per heavy atom. The van der Waals surface area contributed by atoms with Crippen LogP contribution in [0.2, 0.25) is 0 Å². The fourth-order valence-electron chi connectivity index (χ4n) is 1.29. The molecule has 0 aliphatic carbocycles. The fourth-order valence-corrected chi connectivity index (χ4v) is 2.18. The Balaban J connectivity index is 2.98. The van der Waals surface area contributed by atoms with Crippen molar-refractivity contribution in [3.63, 3.8) is 0 Å². The highest BCUT2D eigenvalue weighted by atomic mass is 32.1. The van der Waals surface area contributed by atoms with E-state index in [1.165, 1.54) is 0 Å². The van der Waals surface area contributed by atoms with Crippen LogP contribution in [0, 0.1) is 0 Å². The zero-order valence-electron chi connectivity index (χ0n) is 11.1. The van der Waals surface area contributed by atoms with Gasteiger partial charge in [0.05, 0.1) is 12.1 Å². The zero-order valence-corrected chi connectivity index (χ0v) is 11.9. The van der Waals surface area contributed by atoms with Gasteiger partial charge in [0.15, 0.2) is 5.82 Å². The number of hydrogen-bond donors (Lipinski definition) is 4. The Morgan fingerprint density at radius 2 is 2.17 bits per heavy atom. The lowest BCUT2D eigenvalue weighted by Gasteiger charge is -2.24. The van der Waals surface area contributed by atoms with Gasteiger partial charge in [0.2, 0.25) is 0 Å². The average molecular weight is 272 g/mol. The third kappa shape index (κ3) is 3.58. The van der Waals surface area contributed by atoms with Crippen LogP contribution in [0.3, 0.4) is 0 Å². The van der Waals surface area contributed by atoms with Crippen LogP contribution in [-0.2, 0) is 0 Å². The number of carbonyl (C=O) groups excluding carboxylic acids is 1. The highest BCUT2D eigenvalue weighted by molar-refractivity contribution is 7.11. The molecule has 102 valence electrons. The molecule has 1 aromatic heterocycles. The van der Waals surface area contributed by atoms with E-state index < -0.39 is 5.54 Å². The summed E-state index contributed by atoms with van der Waals surface area (Å²) in [6.07, 6.45) is 0. The van der Waals surface area contributed by atoms with Crippen molar-refractivity contribution in [2.24, 2.45) is 0 Å². The van der Waals surface area contributed by atoms with Crippen molar-refractivity contribution < 1.29 is 9.90 Å². The van der Waals surface area contributed by atoms with Gasteiger partial charge < -0.3 is 21.5 Å². The van der Waals surface area contributed by atoms with E-state index in [1.807, 2.05) is 27.7 Å². The van der Waals surface area contributed by atoms with Crippen molar-refractivity contribution in [3.05, 3.63) is 5.56 Å². The van der Waals surface area contributed by atoms with Crippen LogP contribution >= 0.6 is 11.5 Å². The average Bonchev–Trinajstić information content (AvgIpc) is 2.58. The molecule has 0 radical (unpaired) electrons. The predicted molar refractivity (Wildman–Crippen MR) is 73.9 cm³/mol. The maximum Gasteiger partial charge on any atom is 0.258 e. The molecule has 0 aromatic carbocycles. The van der Waals surface area contributed by atoms with Crippen molar-refractivity contribution in [2.75, 3.05) is 17.7 Å². The predicted octanol–water partition coefficient (Wildman–Crippen LogP) is 1.05. The number of nitrogens with zero attached hydrogens (tertiary/aromatic N) is 1. The van der Waals surface area contributed by atoms with Crippen LogP contribution in [-0.4, -0.2) is 33.6 Å². The minimum Gasteiger partial charge on any atom is -0.394 e. The molecule has 18 heavy (non-hydrogen) atoms. The van der Waals surface area contributed by atoms with Crippen LogP contribution in [0.5, 0.6) is 0 Å². The molecule has 1 heterocycles.